The number of nitrogens with one attached hydrogen (secondary N) is 2. The lowest BCUT2D eigenvalue weighted by atomic mass is 10.1. The number of anilines is 2. The minimum atomic E-state index is -4.78. The molecule has 0 spiro atoms. The lowest BCUT2D eigenvalue weighted by Crippen LogP contribution is -2.22. The van der Waals surface area contributed by atoms with Crippen LogP contribution >= 0.6 is 0 Å². The Morgan fingerprint density at radius 2 is 1.90 bits per heavy atom. The first-order valence-electron chi connectivity index (χ1n) is 7.99. The molecule has 2 N–H and O–H groups in total. The Labute approximate surface area is 161 Å². The molecule has 2 aromatic rings. The van der Waals surface area contributed by atoms with E-state index in [1.807, 2.05) is 5.32 Å². The molecular formula is C16H14F3N5O5. The third-order valence-electron chi connectivity index (χ3n) is 3.34. The molecular weight excluding hydrogens is 399 g/mol. The van der Waals surface area contributed by atoms with Crippen molar-refractivity contribution < 1.29 is 32.4 Å². The first-order valence-corrected chi connectivity index (χ1v) is 7.99. The van der Waals surface area contributed by atoms with Crippen LogP contribution < -0.4 is 10.6 Å². The van der Waals surface area contributed by atoms with Gasteiger partial charge in [0, 0.05) is 25.0 Å². The van der Waals surface area contributed by atoms with E-state index in [1.54, 1.807) is 6.07 Å². The van der Waals surface area contributed by atoms with Crippen molar-refractivity contribution in [3.63, 3.8) is 0 Å². The molecule has 0 aliphatic carbocycles. The Balaban J connectivity index is 1.85. The molecule has 0 saturated carbocycles. The third kappa shape index (κ3) is 6.71. The lowest BCUT2D eigenvalue weighted by Gasteiger charge is -2.10. The van der Waals surface area contributed by atoms with Gasteiger partial charge < -0.3 is 15.4 Å². The number of aromatic nitrogens is 2. The number of carbonyl (C=O) groups is 2. The maximum atomic E-state index is 12.7. The van der Waals surface area contributed by atoms with Crippen LogP contribution in [0, 0.1) is 10.1 Å². The van der Waals surface area contributed by atoms with Gasteiger partial charge in [0.2, 0.25) is 5.95 Å². The fourth-order valence-electron chi connectivity index (χ4n) is 2.04. The number of hydrogen-bond donors (Lipinski definition) is 2. The fraction of sp³-hybridized carbons (Fsp3) is 0.250. The van der Waals surface area contributed by atoms with Gasteiger partial charge in [-0.2, -0.15) is 13.2 Å². The second-order valence-corrected chi connectivity index (χ2v) is 5.44. The van der Waals surface area contributed by atoms with Crippen molar-refractivity contribution in [3.05, 3.63) is 52.3 Å². The summed E-state index contributed by atoms with van der Waals surface area (Å²) >= 11 is 0. The van der Waals surface area contributed by atoms with Crippen LogP contribution in [0.1, 0.15) is 12.0 Å². The quantitative estimate of drug-likeness (QED) is 0.382. The Morgan fingerprint density at radius 3 is 2.52 bits per heavy atom. The average Bonchev–Trinajstić information content (AvgIpc) is 2.66. The number of halogens is 3. The van der Waals surface area contributed by atoms with Crippen LogP contribution in [0.2, 0.25) is 0 Å². The Kier molecular flexibility index (Phi) is 7.00. The number of hydrogen-bond acceptors (Lipinski definition) is 8. The number of ether oxygens (including phenoxy) is 1. The molecule has 2 rings (SSSR count). The number of amides is 1. The van der Waals surface area contributed by atoms with Crippen LogP contribution in [0.4, 0.5) is 30.5 Å². The van der Waals surface area contributed by atoms with E-state index in [0.29, 0.717) is 18.1 Å². The molecule has 1 amide bonds. The molecule has 1 aromatic carbocycles. The van der Waals surface area contributed by atoms with E-state index in [0.717, 1.165) is 6.07 Å². The van der Waals surface area contributed by atoms with Gasteiger partial charge in [0.15, 0.2) is 6.61 Å². The van der Waals surface area contributed by atoms with Crippen LogP contribution in [0.15, 0.2) is 36.7 Å². The second kappa shape index (κ2) is 9.43. The van der Waals surface area contributed by atoms with E-state index < -0.39 is 46.5 Å². The van der Waals surface area contributed by atoms with E-state index >= 15 is 0 Å². The van der Waals surface area contributed by atoms with Gasteiger partial charge in [0.25, 0.3) is 11.6 Å². The van der Waals surface area contributed by atoms with Gasteiger partial charge in [-0.1, -0.05) is 0 Å². The largest absolute Gasteiger partial charge is 0.456 e. The van der Waals surface area contributed by atoms with E-state index in [2.05, 4.69) is 15.3 Å². The zero-order chi connectivity index (χ0) is 21.4. The highest BCUT2D eigenvalue weighted by molar-refractivity contribution is 5.94. The highest BCUT2D eigenvalue weighted by Gasteiger charge is 2.33. The zero-order valence-corrected chi connectivity index (χ0v) is 14.6. The van der Waals surface area contributed by atoms with Crippen LogP contribution in [-0.2, 0) is 20.5 Å². The number of esters is 1. The molecule has 13 heteroatoms. The SMILES string of the molecule is O=C(COC(=O)CCNc1ncccn1)Nc1ccc(C(F)(F)F)cc1[N+](=O)[O-]. The smallest absolute Gasteiger partial charge is 0.416 e. The van der Waals surface area contributed by atoms with Crippen molar-refractivity contribution in [1.82, 2.24) is 9.97 Å². The molecule has 0 unspecified atom stereocenters. The maximum Gasteiger partial charge on any atom is 0.416 e. The van der Waals surface area contributed by atoms with Crippen LogP contribution in [0.5, 0.6) is 0 Å². The normalized spacial score (nSPS) is 10.9. The molecule has 1 aromatic heterocycles. The summed E-state index contributed by atoms with van der Waals surface area (Å²) in [6.07, 6.45) is -1.90. The van der Waals surface area contributed by atoms with Crippen molar-refractivity contribution in [2.24, 2.45) is 0 Å². The van der Waals surface area contributed by atoms with Crippen LogP contribution in [-0.4, -0.2) is 39.9 Å². The van der Waals surface area contributed by atoms with Crippen LogP contribution in [0.3, 0.4) is 0 Å². The highest BCUT2D eigenvalue weighted by Crippen LogP contribution is 2.34. The molecule has 0 radical (unpaired) electrons. The number of benzene rings is 1. The van der Waals surface area contributed by atoms with Crippen molar-refractivity contribution in [1.29, 1.82) is 0 Å². The van der Waals surface area contributed by atoms with Crippen molar-refractivity contribution in [3.8, 4) is 0 Å². The van der Waals surface area contributed by atoms with Crippen LogP contribution in [0.25, 0.3) is 0 Å². The van der Waals surface area contributed by atoms with Gasteiger partial charge in [0.1, 0.15) is 5.69 Å². The minimum Gasteiger partial charge on any atom is -0.456 e. The zero-order valence-electron chi connectivity index (χ0n) is 14.6. The van der Waals surface area contributed by atoms with E-state index in [4.69, 9.17) is 4.74 Å². The summed E-state index contributed by atoms with van der Waals surface area (Å²) in [7, 11) is 0. The number of alkyl halides is 3. The maximum absolute atomic E-state index is 12.7. The van der Waals surface area contributed by atoms with E-state index in [1.165, 1.54) is 12.4 Å². The molecule has 0 atom stereocenters. The molecule has 0 aliphatic heterocycles. The average molecular weight is 413 g/mol. The summed E-state index contributed by atoms with van der Waals surface area (Å²) in [6, 6.07) is 3.26. The minimum absolute atomic E-state index is 0.119. The van der Waals surface area contributed by atoms with Gasteiger partial charge in [0.05, 0.1) is 16.9 Å². The molecule has 1 heterocycles. The number of nitrogens with zero attached hydrogens (tertiary/aromatic N) is 3. The molecule has 29 heavy (non-hydrogen) atoms. The summed E-state index contributed by atoms with van der Waals surface area (Å²) in [5.74, 6) is -1.39. The summed E-state index contributed by atoms with van der Waals surface area (Å²) in [4.78, 5) is 41.1. The number of nitro benzene ring substituents is 1. The summed E-state index contributed by atoms with van der Waals surface area (Å²) < 4.78 is 42.7. The summed E-state index contributed by atoms with van der Waals surface area (Å²) in [6.45, 7) is -0.631. The van der Waals surface area contributed by atoms with Gasteiger partial charge in [-0.25, -0.2) is 9.97 Å². The van der Waals surface area contributed by atoms with Crippen molar-refractivity contribution in [2.75, 3.05) is 23.8 Å². The third-order valence-corrected chi connectivity index (χ3v) is 3.34. The first kappa shape index (κ1) is 21.5. The molecule has 10 nitrogen and oxygen atoms in total. The first-order chi connectivity index (χ1) is 13.7. The van der Waals surface area contributed by atoms with Gasteiger partial charge in [-0.3, -0.25) is 19.7 Å². The molecule has 0 aliphatic rings. The molecule has 0 saturated heterocycles. The molecule has 0 bridgehead atoms. The molecule has 0 fully saturated rings. The predicted octanol–water partition coefficient (Wildman–Crippen LogP) is 2.39. The highest BCUT2D eigenvalue weighted by atomic mass is 19.4. The Hall–Kier alpha value is -3.77. The second-order valence-electron chi connectivity index (χ2n) is 5.44. The lowest BCUT2D eigenvalue weighted by molar-refractivity contribution is -0.384. The van der Waals surface area contributed by atoms with Gasteiger partial charge in [-0.05, 0) is 18.2 Å². The van der Waals surface area contributed by atoms with Crippen molar-refractivity contribution >= 4 is 29.2 Å². The fourth-order valence-corrected chi connectivity index (χ4v) is 2.04. The van der Waals surface area contributed by atoms with Gasteiger partial charge in [-0.15, -0.1) is 0 Å². The molecule has 154 valence electrons. The predicted molar refractivity (Wildman–Crippen MR) is 92.8 cm³/mol. The number of nitro groups is 1. The van der Waals surface area contributed by atoms with Crippen molar-refractivity contribution in [2.45, 2.75) is 12.6 Å². The summed E-state index contributed by atoms with van der Waals surface area (Å²) in [5.41, 5.74) is -2.62. The topological polar surface area (TPSA) is 136 Å². The van der Waals surface area contributed by atoms with E-state index in [9.17, 15) is 32.9 Å². The standard InChI is InChI=1S/C16H14F3N5O5/c17-16(18,19)10-2-3-11(12(8-10)24(27)28)23-13(25)9-29-14(26)4-7-22-15-20-5-1-6-21-15/h1-3,5-6,8H,4,7,9H2,(H,23,25)(H,20,21,22). The van der Waals surface area contributed by atoms with Gasteiger partial charge >= 0.3 is 12.1 Å². The number of rotatable bonds is 8. The Bertz CT molecular complexity index is 892. The Morgan fingerprint density at radius 1 is 1.21 bits per heavy atom. The monoisotopic (exact) mass is 413 g/mol. The van der Waals surface area contributed by atoms with E-state index in [-0.39, 0.29) is 13.0 Å². The summed E-state index contributed by atoms with van der Waals surface area (Å²) in [5, 5.41) is 15.8. The number of carbonyl (C=O) groups excluding carboxylic acids is 2.